The van der Waals surface area contributed by atoms with E-state index in [0.717, 1.165) is 5.56 Å². The molecule has 29 heavy (non-hydrogen) atoms. The lowest BCUT2D eigenvalue weighted by Gasteiger charge is -2.12. The molecule has 0 radical (unpaired) electrons. The number of esters is 2. The van der Waals surface area contributed by atoms with E-state index in [1.165, 1.54) is 13.8 Å². The minimum Gasteiger partial charge on any atom is -0.457 e. The first-order valence-corrected chi connectivity index (χ1v) is 8.92. The average Bonchev–Trinajstić information content (AvgIpc) is 2.66. The molecule has 0 N–H and O–H groups in total. The summed E-state index contributed by atoms with van der Waals surface area (Å²) in [7, 11) is 0. The van der Waals surface area contributed by atoms with E-state index < -0.39 is 0 Å². The van der Waals surface area contributed by atoms with Gasteiger partial charge in [0.05, 0.1) is 0 Å². The third-order valence-corrected chi connectivity index (χ3v) is 3.78. The van der Waals surface area contributed by atoms with Gasteiger partial charge >= 0.3 is 11.9 Å². The molecular weight excluding hydrogens is 372 g/mol. The highest BCUT2D eigenvalue weighted by atomic mass is 16.5. The highest BCUT2D eigenvalue weighted by Crippen LogP contribution is 2.31. The Morgan fingerprint density at radius 1 is 0.586 bits per heavy atom. The van der Waals surface area contributed by atoms with Crippen LogP contribution in [0.5, 0.6) is 34.5 Å². The van der Waals surface area contributed by atoms with Crippen molar-refractivity contribution in [2.75, 3.05) is 0 Å². The summed E-state index contributed by atoms with van der Waals surface area (Å²) < 4.78 is 21.7. The van der Waals surface area contributed by atoms with Crippen LogP contribution in [0.2, 0.25) is 0 Å². The Kier molecular flexibility index (Phi) is 6.14. The summed E-state index contributed by atoms with van der Waals surface area (Å²) in [5.41, 5.74) is 0.892. The van der Waals surface area contributed by atoms with Gasteiger partial charge in [0, 0.05) is 13.8 Å². The second-order valence-corrected chi connectivity index (χ2v) is 6.26. The van der Waals surface area contributed by atoms with E-state index in [9.17, 15) is 9.59 Å². The molecule has 148 valence electrons. The Morgan fingerprint density at radius 2 is 1.00 bits per heavy atom. The van der Waals surface area contributed by atoms with Crippen LogP contribution in [0.15, 0.2) is 66.7 Å². The van der Waals surface area contributed by atoms with Crippen LogP contribution in [0.4, 0.5) is 0 Å². The fourth-order valence-corrected chi connectivity index (χ4v) is 2.55. The molecule has 0 heterocycles. The molecule has 6 nitrogen and oxygen atoms in total. The topological polar surface area (TPSA) is 71.1 Å². The van der Waals surface area contributed by atoms with Gasteiger partial charge in [0.15, 0.2) is 0 Å². The third kappa shape index (κ3) is 5.84. The summed E-state index contributed by atoms with van der Waals surface area (Å²) in [5.74, 6) is 2.77. The molecule has 6 heteroatoms. The van der Waals surface area contributed by atoms with Crippen molar-refractivity contribution in [3.63, 3.8) is 0 Å². The van der Waals surface area contributed by atoms with E-state index in [-0.39, 0.29) is 11.9 Å². The maximum absolute atomic E-state index is 11.0. The van der Waals surface area contributed by atoms with Crippen LogP contribution in [-0.2, 0) is 9.59 Å². The van der Waals surface area contributed by atoms with Crippen molar-refractivity contribution in [2.24, 2.45) is 0 Å². The summed E-state index contributed by atoms with van der Waals surface area (Å²) in [6, 6.07) is 19.1. The van der Waals surface area contributed by atoms with Crippen LogP contribution in [0.25, 0.3) is 0 Å². The molecule has 0 atom stereocenters. The Labute approximate surface area is 168 Å². The molecule has 0 saturated heterocycles. The van der Waals surface area contributed by atoms with Gasteiger partial charge < -0.3 is 18.9 Å². The number of benzene rings is 3. The van der Waals surface area contributed by atoms with Gasteiger partial charge in [-0.05, 0) is 79.2 Å². The molecule has 0 bridgehead atoms. The van der Waals surface area contributed by atoms with Crippen LogP contribution in [0.3, 0.4) is 0 Å². The Morgan fingerprint density at radius 3 is 1.45 bits per heavy atom. The molecule has 0 aliphatic rings. The predicted octanol–water partition coefficient (Wildman–Crippen LogP) is 5.43. The Bertz CT molecular complexity index is 1010. The van der Waals surface area contributed by atoms with Crippen molar-refractivity contribution >= 4 is 11.9 Å². The summed E-state index contributed by atoms with van der Waals surface area (Å²) >= 11 is 0. The lowest BCUT2D eigenvalue weighted by Crippen LogP contribution is -2.00. The zero-order valence-electron chi connectivity index (χ0n) is 16.3. The van der Waals surface area contributed by atoms with E-state index in [2.05, 4.69) is 0 Å². The van der Waals surface area contributed by atoms with Crippen molar-refractivity contribution in [1.82, 2.24) is 0 Å². The van der Waals surface area contributed by atoms with Crippen molar-refractivity contribution in [1.29, 1.82) is 0 Å². The van der Waals surface area contributed by atoms with Gasteiger partial charge in [-0.1, -0.05) is 0 Å². The van der Waals surface area contributed by atoms with Crippen LogP contribution < -0.4 is 18.9 Å². The van der Waals surface area contributed by atoms with E-state index in [4.69, 9.17) is 18.9 Å². The highest BCUT2D eigenvalue weighted by Gasteiger charge is 2.06. The second-order valence-electron chi connectivity index (χ2n) is 6.26. The summed E-state index contributed by atoms with van der Waals surface area (Å²) in [6.45, 7) is 4.62. The number of hydrogen-bond donors (Lipinski definition) is 0. The van der Waals surface area contributed by atoms with E-state index >= 15 is 0 Å². The van der Waals surface area contributed by atoms with Gasteiger partial charge in [0.1, 0.15) is 34.5 Å². The number of hydrogen-bond acceptors (Lipinski definition) is 6. The van der Waals surface area contributed by atoms with Crippen LogP contribution >= 0.6 is 0 Å². The quantitative estimate of drug-likeness (QED) is 0.411. The Balaban J connectivity index is 1.65. The minimum atomic E-state index is -0.370. The predicted molar refractivity (Wildman–Crippen MR) is 107 cm³/mol. The zero-order chi connectivity index (χ0) is 20.8. The summed E-state index contributed by atoms with van der Waals surface area (Å²) in [4.78, 5) is 21.9. The summed E-state index contributed by atoms with van der Waals surface area (Å²) in [5, 5.41) is 0. The highest BCUT2D eigenvalue weighted by molar-refractivity contribution is 5.69. The molecular formula is C23H20O6. The van der Waals surface area contributed by atoms with Crippen LogP contribution in [-0.4, -0.2) is 11.9 Å². The van der Waals surface area contributed by atoms with Crippen molar-refractivity contribution < 1.29 is 28.5 Å². The molecule has 3 aromatic carbocycles. The van der Waals surface area contributed by atoms with Crippen molar-refractivity contribution in [3.8, 4) is 34.5 Å². The maximum atomic E-state index is 11.0. The smallest absolute Gasteiger partial charge is 0.308 e. The van der Waals surface area contributed by atoms with E-state index in [1.807, 2.05) is 19.1 Å². The lowest BCUT2D eigenvalue weighted by molar-refractivity contribution is -0.132. The number of carbonyl (C=O) groups excluding carboxylic acids is 2. The lowest BCUT2D eigenvalue weighted by atomic mass is 10.2. The summed E-state index contributed by atoms with van der Waals surface area (Å²) in [6.07, 6.45) is 0. The zero-order valence-corrected chi connectivity index (χ0v) is 16.3. The van der Waals surface area contributed by atoms with Gasteiger partial charge in [-0.3, -0.25) is 9.59 Å². The Hall–Kier alpha value is -3.80. The molecule has 3 rings (SSSR count). The molecule has 0 aliphatic heterocycles. The normalized spacial score (nSPS) is 10.2. The number of carbonyl (C=O) groups is 2. The van der Waals surface area contributed by atoms with Gasteiger partial charge in [0.25, 0.3) is 0 Å². The number of rotatable bonds is 6. The van der Waals surface area contributed by atoms with Crippen molar-refractivity contribution in [2.45, 2.75) is 20.8 Å². The van der Waals surface area contributed by atoms with Gasteiger partial charge in [0.2, 0.25) is 0 Å². The van der Waals surface area contributed by atoms with Gasteiger partial charge in [-0.2, -0.15) is 0 Å². The number of ether oxygens (including phenoxy) is 4. The molecule has 0 fully saturated rings. The standard InChI is InChI=1S/C23H20O6/c1-15-14-22(28-20-8-4-18(5-9-20)26-16(2)24)12-13-23(15)29-21-10-6-19(7-11-21)27-17(3)25/h4-14H,1-3H3. The van der Waals surface area contributed by atoms with Crippen LogP contribution in [0, 0.1) is 6.92 Å². The maximum Gasteiger partial charge on any atom is 0.308 e. The van der Waals surface area contributed by atoms with E-state index in [1.54, 1.807) is 54.6 Å². The fourth-order valence-electron chi connectivity index (χ4n) is 2.55. The second kappa shape index (κ2) is 8.93. The number of aryl methyl sites for hydroxylation is 1. The van der Waals surface area contributed by atoms with Crippen LogP contribution in [0.1, 0.15) is 19.4 Å². The molecule has 0 spiro atoms. The molecule has 3 aromatic rings. The van der Waals surface area contributed by atoms with Gasteiger partial charge in [-0.25, -0.2) is 0 Å². The molecule has 0 unspecified atom stereocenters. The van der Waals surface area contributed by atoms with Crippen molar-refractivity contribution in [3.05, 3.63) is 72.3 Å². The monoisotopic (exact) mass is 392 g/mol. The average molecular weight is 392 g/mol. The third-order valence-electron chi connectivity index (χ3n) is 3.78. The first-order valence-electron chi connectivity index (χ1n) is 8.92. The minimum absolute atomic E-state index is 0.369. The van der Waals surface area contributed by atoms with Gasteiger partial charge in [-0.15, -0.1) is 0 Å². The van der Waals surface area contributed by atoms with E-state index in [0.29, 0.717) is 34.5 Å². The first-order chi connectivity index (χ1) is 13.9. The SMILES string of the molecule is CC(=O)Oc1ccc(Oc2ccc(Oc3ccc(OC(C)=O)cc3)c(C)c2)cc1. The molecule has 0 amide bonds. The fraction of sp³-hybridized carbons (Fsp3) is 0.130. The molecule has 0 aromatic heterocycles. The molecule has 0 aliphatic carbocycles. The largest absolute Gasteiger partial charge is 0.457 e. The molecule has 0 saturated carbocycles. The first kappa shape index (κ1) is 19.9.